The molecule has 5 nitrogen and oxygen atoms in total. The number of aromatic nitrogens is 1. The molecule has 6 heteroatoms. The number of benzene rings is 1. The minimum Gasteiger partial charge on any atom is -0.355 e. The fourth-order valence-electron chi connectivity index (χ4n) is 4.31. The van der Waals surface area contributed by atoms with Crippen molar-refractivity contribution in [3.8, 4) is 0 Å². The van der Waals surface area contributed by atoms with Crippen LogP contribution in [0.2, 0.25) is 5.15 Å². The van der Waals surface area contributed by atoms with E-state index in [0.717, 1.165) is 12.1 Å². The monoisotopic (exact) mass is 390 g/mol. The lowest BCUT2D eigenvalue weighted by Gasteiger charge is -2.36. The normalized spacial score (nSPS) is 21.2. The molecule has 1 N–H and O–H groups in total. The number of Topliss-reactive ketones (excluding diaryl/α,β-unsaturated/α-hetero) is 3. The summed E-state index contributed by atoms with van der Waals surface area (Å²) < 4.78 is 0. The minimum atomic E-state index is -0.617. The molecule has 2 aliphatic carbocycles. The highest BCUT2D eigenvalue weighted by atomic mass is 35.5. The van der Waals surface area contributed by atoms with Crippen LogP contribution in [-0.4, -0.2) is 22.3 Å². The predicted octanol–water partition coefficient (Wildman–Crippen LogP) is 3.76. The van der Waals surface area contributed by atoms with Crippen molar-refractivity contribution < 1.29 is 14.4 Å². The van der Waals surface area contributed by atoms with Gasteiger partial charge in [-0.25, -0.2) is 4.98 Å². The van der Waals surface area contributed by atoms with Gasteiger partial charge >= 0.3 is 0 Å². The summed E-state index contributed by atoms with van der Waals surface area (Å²) in [6.07, 6.45) is 3.39. The minimum absolute atomic E-state index is 0.000595. The number of halogens is 1. The first-order chi connectivity index (χ1) is 13.6. The Kier molecular flexibility index (Phi) is 3.81. The van der Waals surface area contributed by atoms with Crippen LogP contribution in [0.1, 0.15) is 51.5 Å². The van der Waals surface area contributed by atoms with Crippen LogP contribution < -0.4 is 5.32 Å². The fraction of sp³-hybridized carbons (Fsp3) is 0.182. The van der Waals surface area contributed by atoms with Crippen LogP contribution in [0, 0.1) is 0 Å². The largest absolute Gasteiger partial charge is 0.355 e. The van der Waals surface area contributed by atoms with Crippen LogP contribution in [0.15, 0.2) is 65.1 Å². The third kappa shape index (κ3) is 2.39. The van der Waals surface area contributed by atoms with E-state index < -0.39 is 5.92 Å². The number of hydrogen-bond acceptors (Lipinski definition) is 5. The van der Waals surface area contributed by atoms with Gasteiger partial charge in [-0.15, -0.1) is 0 Å². The lowest BCUT2D eigenvalue weighted by atomic mass is 9.70. The third-order valence-electron chi connectivity index (χ3n) is 5.55. The van der Waals surface area contributed by atoms with Gasteiger partial charge in [0.25, 0.3) is 0 Å². The summed E-state index contributed by atoms with van der Waals surface area (Å²) in [5.41, 5.74) is 3.33. The van der Waals surface area contributed by atoms with Crippen molar-refractivity contribution in [2.24, 2.45) is 0 Å². The summed E-state index contributed by atoms with van der Waals surface area (Å²) in [5.74, 6) is -1.07. The third-order valence-corrected chi connectivity index (χ3v) is 5.77. The molecule has 28 heavy (non-hydrogen) atoms. The van der Waals surface area contributed by atoms with Gasteiger partial charge in [-0.3, -0.25) is 14.4 Å². The van der Waals surface area contributed by atoms with Gasteiger partial charge in [-0.05, 0) is 24.5 Å². The molecule has 0 bridgehead atoms. The summed E-state index contributed by atoms with van der Waals surface area (Å²) in [4.78, 5) is 43.5. The fourth-order valence-corrected chi connectivity index (χ4v) is 4.42. The molecule has 5 rings (SSSR count). The number of fused-ring (bicyclic) bond motifs is 1. The Bertz CT molecular complexity index is 1130. The zero-order valence-electron chi connectivity index (χ0n) is 14.8. The highest BCUT2D eigenvalue weighted by Gasteiger charge is 2.44. The van der Waals surface area contributed by atoms with Gasteiger partial charge in [-0.2, -0.15) is 0 Å². The van der Waals surface area contributed by atoms with Crippen LogP contribution in [0.4, 0.5) is 0 Å². The number of ketones is 3. The Morgan fingerprint density at radius 3 is 2.39 bits per heavy atom. The van der Waals surface area contributed by atoms with E-state index in [1.807, 2.05) is 0 Å². The number of rotatable bonds is 1. The van der Waals surface area contributed by atoms with E-state index in [1.54, 1.807) is 42.6 Å². The average molecular weight is 391 g/mol. The van der Waals surface area contributed by atoms with E-state index in [-0.39, 0.29) is 23.0 Å². The van der Waals surface area contributed by atoms with Crippen LogP contribution in [0.25, 0.3) is 0 Å². The molecule has 2 aromatic rings. The molecule has 0 fully saturated rings. The second kappa shape index (κ2) is 6.24. The first kappa shape index (κ1) is 17.1. The molecule has 0 saturated carbocycles. The number of carbonyl (C=O) groups excluding carboxylic acids is 3. The lowest BCUT2D eigenvalue weighted by molar-refractivity contribution is -0.116. The Labute approximate surface area is 166 Å². The number of nitrogens with zero attached hydrogens (tertiary/aromatic N) is 1. The Morgan fingerprint density at radius 2 is 1.68 bits per heavy atom. The quantitative estimate of drug-likeness (QED) is 0.750. The second-order valence-corrected chi connectivity index (χ2v) is 7.52. The van der Waals surface area contributed by atoms with E-state index >= 15 is 0 Å². The van der Waals surface area contributed by atoms with Crippen molar-refractivity contribution in [2.75, 3.05) is 0 Å². The van der Waals surface area contributed by atoms with Gasteiger partial charge in [0.2, 0.25) is 5.78 Å². The lowest BCUT2D eigenvalue weighted by Crippen LogP contribution is -2.40. The van der Waals surface area contributed by atoms with Crippen LogP contribution in [0.3, 0.4) is 0 Å². The second-order valence-electron chi connectivity index (χ2n) is 7.13. The highest BCUT2D eigenvalue weighted by Crippen LogP contribution is 2.45. The molecule has 3 aliphatic rings. The van der Waals surface area contributed by atoms with Crippen molar-refractivity contribution in [1.29, 1.82) is 0 Å². The molecule has 1 aliphatic heterocycles. The van der Waals surface area contributed by atoms with E-state index in [1.165, 1.54) is 0 Å². The Morgan fingerprint density at radius 1 is 0.929 bits per heavy atom. The number of pyridine rings is 1. The molecule has 0 spiro atoms. The predicted molar refractivity (Wildman–Crippen MR) is 103 cm³/mol. The summed E-state index contributed by atoms with van der Waals surface area (Å²) in [5, 5.41) is 3.47. The van der Waals surface area contributed by atoms with Gasteiger partial charge in [0.1, 0.15) is 5.15 Å². The van der Waals surface area contributed by atoms with Crippen molar-refractivity contribution in [3.05, 3.63) is 87.0 Å². The molecule has 0 saturated heterocycles. The summed E-state index contributed by atoms with van der Waals surface area (Å²) in [6, 6.07) is 10.2. The molecule has 1 aromatic heterocycles. The summed E-state index contributed by atoms with van der Waals surface area (Å²) in [6.45, 7) is 0. The van der Waals surface area contributed by atoms with E-state index in [4.69, 9.17) is 11.6 Å². The maximum absolute atomic E-state index is 13.4. The van der Waals surface area contributed by atoms with Crippen LogP contribution in [0.5, 0.6) is 0 Å². The highest BCUT2D eigenvalue weighted by molar-refractivity contribution is 6.29. The molecule has 0 radical (unpaired) electrons. The van der Waals surface area contributed by atoms with Gasteiger partial charge in [-0.1, -0.05) is 41.9 Å². The number of hydrogen-bond donors (Lipinski definition) is 1. The van der Waals surface area contributed by atoms with E-state index in [9.17, 15) is 14.4 Å². The van der Waals surface area contributed by atoms with Crippen molar-refractivity contribution in [3.63, 3.8) is 0 Å². The molecule has 0 amide bonds. The summed E-state index contributed by atoms with van der Waals surface area (Å²) >= 11 is 5.94. The number of carbonyl (C=O) groups is 3. The number of allylic oxidation sites excluding steroid dienone is 4. The van der Waals surface area contributed by atoms with E-state index in [2.05, 4.69) is 10.3 Å². The zero-order valence-corrected chi connectivity index (χ0v) is 15.5. The molecule has 138 valence electrons. The number of dihydropyridines is 1. The molecular weight excluding hydrogens is 376 g/mol. The van der Waals surface area contributed by atoms with Crippen molar-refractivity contribution in [2.45, 2.75) is 25.2 Å². The van der Waals surface area contributed by atoms with Gasteiger partial charge in [0, 0.05) is 46.5 Å². The topological polar surface area (TPSA) is 76.1 Å². The maximum atomic E-state index is 13.4. The van der Waals surface area contributed by atoms with Gasteiger partial charge in [0.15, 0.2) is 11.6 Å². The van der Waals surface area contributed by atoms with Gasteiger partial charge in [0.05, 0.1) is 5.70 Å². The Hall–Kier alpha value is -3.05. The van der Waals surface area contributed by atoms with E-state index in [0.29, 0.717) is 45.8 Å². The standard InChI is InChI=1S/C22H15ClN2O3/c23-16-9-8-11(10-24-16)17-18-14(6-3-7-15(18)26)25-20-19(17)21(27)12-4-1-2-5-13(12)22(20)28/h1-2,4-5,8-10,17,25H,3,6-7H2. The molecular formula is C22H15ClN2O3. The van der Waals surface area contributed by atoms with Gasteiger partial charge < -0.3 is 5.32 Å². The SMILES string of the molecule is O=C1CCCC2=C1C(c1ccc(Cl)nc1)C1=C(N2)C(=O)c2ccccc2C1=O. The molecule has 1 atom stereocenters. The molecule has 2 heterocycles. The molecule has 1 aromatic carbocycles. The first-order valence-corrected chi connectivity index (χ1v) is 9.51. The molecule has 1 unspecified atom stereocenters. The first-order valence-electron chi connectivity index (χ1n) is 9.13. The maximum Gasteiger partial charge on any atom is 0.210 e. The van der Waals surface area contributed by atoms with Crippen LogP contribution >= 0.6 is 11.6 Å². The smallest absolute Gasteiger partial charge is 0.210 e. The number of nitrogens with one attached hydrogen (secondary N) is 1. The zero-order chi connectivity index (χ0) is 19.4. The van der Waals surface area contributed by atoms with Crippen molar-refractivity contribution in [1.82, 2.24) is 10.3 Å². The Balaban J connectivity index is 1.76. The average Bonchev–Trinajstić information content (AvgIpc) is 2.71. The van der Waals surface area contributed by atoms with Crippen molar-refractivity contribution >= 4 is 29.0 Å². The summed E-state index contributed by atoms with van der Waals surface area (Å²) in [7, 11) is 0. The van der Waals surface area contributed by atoms with Crippen LogP contribution in [-0.2, 0) is 4.79 Å².